The number of nitrogens with zero attached hydrogens (tertiary/aromatic N) is 2. The molecule has 0 saturated carbocycles. The van der Waals surface area contributed by atoms with Crippen molar-refractivity contribution in [3.8, 4) is 11.8 Å². The molecule has 0 bridgehead atoms. The highest BCUT2D eigenvalue weighted by atomic mass is 16.7. The summed E-state index contributed by atoms with van der Waals surface area (Å²) >= 11 is 0. The predicted octanol–water partition coefficient (Wildman–Crippen LogP) is 1.94. The van der Waals surface area contributed by atoms with Crippen molar-refractivity contribution in [2.75, 3.05) is 0 Å². The maximum Gasteiger partial charge on any atom is 0.358 e. The van der Waals surface area contributed by atoms with E-state index in [1.54, 1.807) is 45.0 Å². The van der Waals surface area contributed by atoms with E-state index in [0.717, 1.165) is 22.8 Å². The summed E-state index contributed by atoms with van der Waals surface area (Å²) in [7, 11) is 0. The highest BCUT2D eigenvalue weighted by molar-refractivity contribution is 5.79. The standard InChI is InChI=1S/C21H26N2O8/c1-21(2,3)30-19(27)12-9-16(20(28)31-23-17(25)10-11-18(23)26)22(14-24)29-13-15-7-5-4-6-8-15/h4-8,10-11,14,16,25-26H,9,12-13H2,1-3H3/t16-/m0/s1. The molecule has 2 rings (SSSR count). The summed E-state index contributed by atoms with van der Waals surface area (Å²) in [5.74, 6) is -2.67. The van der Waals surface area contributed by atoms with Crippen molar-refractivity contribution in [1.29, 1.82) is 0 Å². The molecule has 0 saturated heterocycles. The summed E-state index contributed by atoms with van der Waals surface area (Å²) in [6.45, 7) is 5.09. The van der Waals surface area contributed by atoms with Crippen molar-refractivity contribution in [1.82, 2.24) is 9.79 Å². The van der Waals surface area contributed by atoms with Crippen molar-refractivity contribution in [2.45, 2.75) is 51.9 Å². The lowest BCUT2D eigenvalue weighted by molar-refractivity contribution is -0.204. The number of hydrogen-bond acceptors (Lipinski definition) is 8. The number of hydrogen-bond donors (Lipinski definition) is 2. The number of rotatable bonds is 10. The first-order valence-electron chi connectivity index (χ1n) is 9.55. The first-order chi connectivity index (χ1) is 14.6. The van der Waals surface area contributed by atoms with E-state index in [2.05, 4.69) is 0 Å². The van der Waals surface area contributed by atoms with Gasteiger partial charge in [0.2, 0.25) is 18.2 Å². The Labute approximate surface area is 179 Å². The van der Waals surface area contributed by atoms with E-state index in [1.807, 2.05) is 6.07 Å². The molecule has 2 N–H and O–H groups in total. The third kappa shape index (κ3) is 7.34. The van der Waals surface area contributed by atoms with Gasteiger partial charge in [0.15, 0.2) is 6.04 Å². The van der Waals surface area contributed by atoms with E-state index in [0.29, 0.717) is 11.1 Å². The molecule has 31 heavy (non-hydrogen) atoms. The van der Waals surface area contributed by atoms with Gasteiger partial charge in [0, 0.05) is 18.6 Å². The number of esters is 1. The molecule has 1 atom stereocenters. The molecule has 1 heterocycles. The van der Waals surface area contributed by atoms with Gasteiger partial charge in [-0.05, 0) is 32.8 Å². The molecule has 0 radical (unpaired) electrons. The van der Waals surface area contributed by atoms with Crippen LogP contribution in [-0.4, -0.2) is 50.0 Å². The van der Waals surface area contributed by atoms with Gasteiger partial charge >= 0.3 is 11.9 Å². The minimum absolute atomic E-state index is 0.0180. The number of amides is 1. The van der Waals surface area contributed by atoms with Gasteiger partial charge in [-0.3, -0.25) is 14.4 Å². The predicted molar refractivity (Wildman–Crippen MR) is 107 cm³/mol. The molecule has 10 heteroatoms. The summed E-state index contributed by atoms with van der Waals surface area (Å²) in [4.78, 5) is 46.9. The molecule has 2 aromatic rings. The monoisotopic (exact) mass is 434 g/mol. The fourth-order valence-corrected chi connectivity index (χ4v) is 2.56. The van der Waals surface area contributed by atoms with Gasteiger partial charge in [0.05, 0.1) is 0 Å². The Morgan fingerprint density at radius 2 is 1.71 bits per heavy atom. The maximum absolute atomic E-state index is 12.7. The second kappa shape index (κ2) is 10.5. The van der Waals surface area contributed by atoms with Crippen LogP contribution < -0.4 is 4.84 Å². The van der Waals surface area contributed by atoms with Crippen LogP contribution in [0.2, 0.25) is 0 Å². The maximum atomic E-state index is 12.7. The fourth-order valence-electron chi connectivity index (χ4n) is 2.56. The fraction of sp³-hybridized carbons (Fsp3) is 0.381. The highest BCUT2D eigenvalue weighted by Gasteiger charge is 2.31. The van der Waals surface area contributed by atoms with Crippen molar-refractivity contribution < 1.29 is 39.0 Å². The molecule has 0 spiro atoms. The quantitative estimate of drug-likeness (QED) is 0.330. The van der Waals surface area contributed by atoms with Crippen LogP contribution in [0.25, 0.3) is 0 Å². The summed E-state index contributed by atoms with van der Waals surface area (Å²) in [5, 5.41) is 20.1. The molecule has 0 fully saturated rings. The summed E-state index contributed by atoms with van der Waals surface area (Å²) in [6.07, 6.45) is -0.0941. The van der Waals surface area contributed by atoms with E-state index in [4.69, 9.17) is 14.4 Å². The molecule has 1 aromatic heterocycles. The van der Waals surface area contributed by atoms with Crippen molar-refractivity contribution in [3.05, 3.63) is 48.0 Å². The van der Waals surface area contributed by atoms with Gasteiger partial charge in [-0.25, -0.2) is 9.86 Å². The normalized spacial score (nSPS) is 12.1. The van der Waals surface area contributed by atoms with E-state index in [1.165, 1.54) is 0 Å². The molecular weight excluding hydrogens is 408 g/mol. The molecule has 0 aliphatic carbocycles. The minimum Gasteiger partial charge on any atom is -0.492 e. The number of hydroxylamine groups is 2. The second-order valence-corrected chi connectivity index (χ2v) is 7.62. The Bertz CT molecular complexity index is 869. The van der Waals surface area contributed by atoms with Crippen LogP contribution in [0.4, 0.5) is 0 Å². The zero-order valence-corrected chi connectivity index (χ0v) is 17.6. The van der Waals surface area contributed by atoms with Crippen LogP contribution in [0.3, 0.4) is 0 Å². The highest BCUT2D eigenvalue weighted by Crippen LogP contribution is 2.20. The minimum atomic E-state index is -1.35. The van der Waals surface area contributed by atoms with Crippen LogP contribution in [0.1, 0.15) is 39.2 Å². The Balaban J connectivity index is 2.15. The van der Waals surface area contributed by atoms with Gasteiger partial charge in [-0.15, -0.1) is 4.73 Å². The molecule has 168 valence electrons. The largest absolute Gasteiger partial charge is 0.492 e. The number of aromatic nitrogens is 1. The molecule has 0 unspecified atom stereocenters. The van der Waals surface area contributed by atoms with Gasteiger partial charge < -0.3 is 19.8 Å². The Kier molecular flexibility index (Phi) is 8.03. The molecule has 10 nitrogen and oxygen atoms in total. The van der Waals surface area contributed by atoms with Gasteiger partial charge in [-0.1, -0.05) is 30.3 Å². The number of carbonyl (C=O) groups excluding carboxylic acids is 3. The lowest BCUT2D eigenvalue weighted by atomic mass is 10.1. The van der Waals surface area contributed by atoms with Gasteiger partial charge in [0.25, 0.3) is 0 Å². The Hall–Kier alpha value is -3.53. The van der Waals surface area contributed by atoms with Crippen LogP contribution in [0, 0.1) is 0 Å². The average molecular weight is 434 g/mol. The summed E-state index contributed by atoms with van der Waals surface area (Å²) in [6, 6.07) is 9.81. The number of carbonyl (C=O) groups is 3. The zero-order valence-electron chi connectivity index (χ0n) is 17.6. The third-order valence-corrected chi connectivity index (χ3v) is 3.93. The smallest absolute Gasteiger partial charge is 0.358 e. The van der Waals surface area contributed by atoms with Crippen molar-refractivity contribution >= 4 is 18.3 Å². The Morgan fingerprint density at radius 1 is 1.10 bits per heavy atom. The average Bonchev–Trinajstić information content (AvgIpc) is 3.01. The van der Waals surface area contributed by atoms with Gasteiger partial charge in [0.1, 0.15) is 12.2 Å². The SMILES string of the molecule is CC(C)(C)OC(=O)CC[C@@H](C(=O)On1c(O)ccc1O)N(C=O)OCc1ccccc1. The molecular formula is C21H26N2O8. The van der Waals surface area contributed by atoms with Crippen LogP contribution in [0.15, 0.2) is 42.5 Å². The topological polar surface area (TPSA) is 128 Å². The summed E-state index contributed by atoms with van der Waals surface area (Å²) in [5.41, 5.74) is 0.0264. The van der Waals surface area contributed by atoms with Crippen molar-refractivity contribution in [3.63, 3.8) is 0 Å². The van der Waals surface area contributed by atoms with Crippen LogP contribution in [0.5, 0.6) is 11.8 Å². The summed E-state index contributed by atoms with van der Waals surface area (Å²) < 4.78 is 5.72. The first kappa shape index (κ1) is 23.7. The Morgan fingerprint density at radius 3 is 2.26 bits per heavy atom. The third-order valence-electron chi connectivity index (χ3n) is 3.93. The second-order valence-electron chi connectivity index (χ2n) is 7.62. The van der Waals surface area contributed by atoms with E-state index in [9.17, 15) is 24.6 Å². The van der Waals surface area contributed by atoms with Crippen LogP contribution >= 0.6 is 0 Å². The molecule has 1 amide bonds. The first-order valence-corrected chi connectivity index (χ1v) is 9.55. The lowest BCUT2D eigenvalue weighted by Gasteiger charge is -2.26. The van der Waals surface area contributed by atoms with Crippen molar-refractivity contribution in [2.24, 2.45) is 0 Å². The molecule has 0 aliphatic rings. The molecule has 0 aliphatic heterocycles. The molecule has 1 aromatic carbocycles. The number of aromatic hydroxyl groups is 2. The van der Waals surface area contributed by atoms with E-state index in [-0.39, 0.29) is 19.4 Å². The zero-order chi connectivity index (χ0) is 23.0. The number of benzene rings is 1. The lowest BCUT2D eigenvalue weighted by Crippen LogP contribution is -2.44. The van der Waals surface area contributed by atoms with Crippen LogP contribution in [-0.2, 0) is 30.6 Å². The van der Waals surface area contributed by atoms with E-state index >= 15 is 0 Å². The van der Waals surface area contributed by atoms with Gasteiger partial charge in [-0.2, -0.15) is 0 Å². The number of ether oxygens (including phenoxy) is 1. The van der Waals surface area contributed by atoms with E-state index < -0.39 is 35.3 Å².